The normalized spacial score (nSPS) is 17.0. The number of alkyl halides is 9. The van der Waals surface area contributed by atoms with Gasteiger partial charge in [-0.1, -0.05) is 19.1 Å². The maximum absolute atomic E-state index is 13.7. The zero-order valence-corrected chi connectivity index (χ0v) is 30.3. The van der Waals surface area contributed by atoms with Crippen LogP contribution in [0.2, 0.25) is 0 Å². The maximum atomic E-state index is 13.7. The van der Waals surface area contributed by atoms with E-state index in [1.54, 1.807) is 45.0 Å². The first-order chi connectivity index (χ1) is 26.0. The lowest BCUT2D eigenvalue weighted by molar-refractivity contribution is -0.143. The van der Waals surface area contributed by atoms with Crippen molar-refractivity contribution in [2.45, 2.75) is 83.3 Å². The lowest BCUT2D eigenvalue weighted by atomic mass is 9.87. The number of benzene rings is 3. The van der Waals surface area contributed by atoms with Crippen molar-refractivity contribution in [1.29, 1.82) is 5.41 Å². The van der Waals surface area contributed by atoms with E-state index in [4.69, 9.17) is 21.6 Å². The molecule has 3 aromatic rings. The standard InChI is InChI=1S/C26H27F9N4O2.C11H12N2O2/c1-4-18-11-21(19-10-15(24(27,28)29)5-6-20(19)39(18)23(40)41-13(2)3)38(22(36)37)12-14-7-16(25(30,31)32)9-17(8-14)26(33,34)35;12-6-3-7-13-10(14)8-4-1-2-5-9(8)11(13)15/h5-10,13,18,21H,4,11-12H2,1-3H3,(H3,36,37);1-2,4-5H,3,6-7,12H2. The number of nitrogens with two attached hydrogens (primary N) is 2. The minimum absolute atomic E-state index is 0.0157. The van der Waals surface area contributed by atoms with E-state index in [2.05, 4.69) is 0 Å². The van der Waals surface area contributed by atoms with Gasteiger partial charge in [-0.15, -0.1) is 0 Å². The topological polar surface area (TPSA) is 146 Å². The molecule has 0 fully saturated rings. The minimum atomic E-state index is -5.14. The highest BCUT2D eigenvalue weighted by molar-refractivity contribution is 6.21. The number of amides is 3. The molecule has 0 radical (unpaired) electrons. The molecule has 0 bridgehead atoms. The van der Waals surface area contributed by atoms with Crippen molar-refractivity contribution >= 4 is 29.6 Å². The van der Waals surface area contributed by atoms with Crippen molar-refractivity contribution in [1.82, 2.24) is 9.80 Å². The third-order valence-corrected chi connectivity index (χ3v) is 8.99. The molecule has 5 N–H and O–H groups in total. The summed E-state index contributed by atoms with van der Waals surface area (Å²) in [6, 6.07) is 8.32. The van der Waals surface area contributed by atoms with Crippen LogP contribution in [-0.2, 0) is 29.8 Å². The molecule has 0 saturated carbocycles. The highest BCUT2D eigenvalue weighted by atomic mass is 19.4. The van der Waals surface area contributed by atoms with E-state index in [1.165, 1.54) is 4.90 Å². The fourth-order valence-electron chi connectivity index (χ4n) is 6.42. The first kappa shape index (κ1) is 43.4. The van der Waals surface area contributed by atoms with Crippen LogP contribution in [-0.4, -0.2) is 58.9 Å². The molecule has 3 amide bonds. The average molecular weight is 803 g/mol. The Hall–Kier alpha value is -5.33. The van der Waals surface area contributed by atoms with Crippen molar-refractivity contribution < 1.29 is 58.6 Å². The summed E-state index contributed by atoms with van der Waals surface area (Å²) in [6.45, 7) is 4.93. The quantitative estimate of drug-likeness (QED) is 0.0899. The van der Waals surface area contributed by atoms with E-state index in [0.717, 1.165) is 28.0 Å². The number of nitrogens with zero attached hydrogens (tertiary/aromatic N) is 3. The highest BCUT2D eigenvalue weighted by Crippen LogP contribution is 2.45. The molecule has 0 spiro atoms. The van der Waals surface area contributed by atoms with Crippen LogP contribution >= 0.6 is 0 Å². The van der Waals surface area contributed by atoms with Gasteiger partial charge in [-0.3, -0.25) is 24.8 Å². The van der Waals surface area contributed by atoms with Gasteiger partial charge in [0.25, 0.3) is 11.8 Å². The van der Waals surface area contributed by atoms with Crippen LogP contribution in [0.5, 0.6) is 0 Å². The van der Waals surface area contributed by atoms with Gasteiger partial charge in [0.15, 0.2) is 5.96 Å². The monoisotopic (exact) mass is 802 g/mol. The van der Waals surface area contributed by atoms with Crippen molar-refractivity contribution in [3.63, 3.8) is 0 Å². The molecule has 0 aliphatic carbocycles. The fourth-order valence-corrected chi connectivity index (χ4v) is 6.42. The summed E-state index contributed by atoms with van der Waals surface area (Å²) < 4.78 is 127. The molecule has 10 nitrogen and oxygen atoms in total. The van der Waals surface area contributed by atoms with Gasteiger partial charge in [0.1, 0.15) is 0 Å². The average Bonchev–Trinajstić information content (AvgIpc) is 3.35. The summed E-state index contributed by atoms with van der Waals surface area (Å²) in [7, 11) is 0. The summed E-state index contributed by atoms with van der Waals surface area (Å²) >= 11 is 0. The number of imide groups is 1. The zero-order chi connectivity index (χ0) is 41.9. The van der Waals surface area contributed by atoms with Crippen LogP contribution in [0.15, 0.2) is 60.7 Å². The van der Waals surface area contributed by atoms with Crippen LogP contribution in [0.4, 0.5) is 50.0 Å². The van der Waals surface area contributed by atoms with Gasteiger partial charge >= 0.3 is 24.6 Å². The summed E-state index contributed by atoms with van der Waals surface area (Å²) in [6.07, 6.45) is -15.8. The van der Waals surface area contributed by atoms with Gasteiger partial charge in [-0.2, -0.15) is 39.5 Å². The number of halogens is 9. The van der Waals surface area contributed by atoms with Crippen molar-refractivity contribution in [2.75, 3.05) is 18.0 Å². The lowest BCUT2D eigenvalue weighted by Gasteiger charge is -2.44. The molecule has 0 saturated heterocycles. The van der Waals surface area contributed by atoms with Crippen molar-refractivity contribution in [3.8, 4) is 0 Å². The predicted molar refractivity (Wildman–Crippen MR) is 186 cm³/mol. The molecule has 2 unspecified atom stereocenters. The van der Waals surface area contributed by atoms with Gasteiger partial charge in [-0.05, 0) is 99.3 Å². The molecule has 0 aromatic heterocycles. The number of guanidine groups is 1. The molecule has 304 valence electrons. The number of ether oxygens (including phenoxy) is 1. The second kappa shape index (κ2) is 16.8. The van der Waals surface area contributed by atoms with E-state index >= 15 is 0 Å². The predicted octanol–water partition coefficient (Wildman–Crippen LogP) is 8.34. The SMILES string of the molecule is CCC1CC(N(Cc2cc(C(F)(F)F)cc(C(F)(F)F)c2)C(=N)N)c2cc(C(F)(F)F)ccc2N1C(=O)OC(C)C.NCCCN1C(=O)c2ccccc2C1=O. The smallest absolute Gasteiger partial charge is 0.416 e. The third-order valence-electron chi connectivity index (χ3n) is 8.99. The van der Waals surface area contributed by atoms with Crippen LogP contribution in [0.1, 0.15) is 94.6 Å². The molecule has 5 rings (SSSR count). The number of hydrogen-bond donors (Lipinski definition) is 3. The van der Waals surface area contributed by atoms with E-state index in [-0.39, 0.29) is 42.0 Å². The molecule has 19 heteroatoms. The van der Waals surface area contributed by atoms with Gasteiger partial charge in [0, 0.05) is 19.1 Å². The van der Waals surface area contributed by atoms with Crippen molar-refractivity contribution in [2.24, 2.45) is 11.5 Å². The number of rotatable bonds is 8. The lowest BCUT2D eigenvalue weighted by Crippen LogP contribution is -2.50. The Bertz CT molecular complexity index is 1880. The molecule has 2 atom stereocenters. The number of anilines is 1. The molecule has 56 heavy (non-hydrogen) atoms. The zero-order valence-electron chi connectivity index (χ0n) is 30.3. The van der Waals surface area contributed by atoms with Gasteiger partial charge < -0.3 is 21.1 Å². The summed E-state index contributed by atoms with van der Waals surface area (Å²) in [5.74, 6) is -1.22. The Morgan fingerprint density at radius 1 is 0.875 bits per heavy atom. The van der Waals surface area contributed by atoms with Crippen molar-refractivity contribution in [3.05, 3.63) is 99.6 Å². The minimum Gasteiger partial charge on any atom is -0.446 e. The van der Waals surface area contributed by atoms with Crippen LogP contribution in [0.3, 0.4) is 0 Å². The van der Waals surface area contributed by atoms with E-state index in [9.17, 15) is 53.9 Å². The number of fused-ring (bicyclic) bond motifs is 2. The number of hydrogen-bond acceptors (Lipinski definition) is 6. The Balaban J connectivity index is 0.000000384. The fraction of sp³-hybridized carbons (Fsp3) is 0.405. The summed E-state index contributed by atoms with van der Waals surface area (Å²) in [4.78, 5) is 39.9. The van der Waals surface area contributed by atoms with Crippen LogP contribution < -0.4 is 16.4 Å². The van der Waals surface area contributed by atoms with Crippen LogP contribution in [0, 0.1) is 5.41 Å². The Labute approximate surface area is 315 Å². The van der Waals surface area contributed by atoms with E-state index < -0.39 is 77.6 Å². The largest absolute Gasteiger partial charge is 0.446 e. The molecule has 2 aliphatic rings. The highest BCUT2D eigenvalue weighted by Gasteiger charge is 2.43. The first-order valence-electron chi connectivity index (χ1n) is 17.2. The molecule has 3 aromatic carbocycles. The molecular formula is C37H39F9N6O4. The molecular weight excluding hydrogens is 763 g/mol. The van der Waals surface area contributed by atoms with Gasteiger partial charge in [0.05, 0.1) is 45.7 Å². The van der Waals surface area contributed by atoms with Crippen LogP contribution in [0.25, 0.3) is 0 Å². The Kier molecular flexibility index (Phi) is 13.0. The maximum Gasteiger partial charge on any atom is 0.416 e. The summed E-state index contributed by atoms with van der Waals surface area (Å²) in [5.41, 5.74) is 7.09. The Morgan fingerprint density at radius 3 is 1.86 bits per heavy atom. The number of nitrogens with one attached hydrogen (secondary N) is 1. The van der Waals surface area contributed by atoms with E-state index in [0.29, 0.717) is 42.8 Å². The second-order valence-corrected chi connectivity index (χ2v) is 13.3. The van der Waals surface area contributed by atoms with E-state index in [1.807, 2.05) is 0 Å². The molecule has 2 aliphatic heterocycles. The number of carbonyl (C=O) groups excluding carboxylic acids is 3. The second-order valence-electron chi connectivity index (χ2n) is 13.3. The first-order valence-corrected chi connectivity index (χ1v) is 17.2. The Morgan fingerprint density at radius 2 is 1.41 bits per heavy atom. The molecule has 2 heterocycles. The number of carbonyl (C=O) groups is 3. The third kappa shape index (κ3) is 9.72. The van der Waals surface area contributed by atoms with Gasteiger partial charge in [0.2, 0.25) is 0 Å². The van der Waals surface area contributed by atoms with Gasteiger partial charge in [-0.25, -0.2) is 4.79 Å². The summed E-state index contributed by atoms with van der Waals surface area (Å²) in [5, 5.41) is 8.09.